The minimum Gasteiger partial charge on any atom is -0.324 e. The van der Waals surface area contributed by atoms with Gasteiger partial charge in [-0.25, -0.2) is 9.97 Å². The number of rotatable bonds is 1. The lowest BCUT2D eigenvalue weighted by atomic mass is 10.2. The number of para-hydroxylation sites is 1. The van der Waals surface area contributed by atoms with E-state index in [1.807, 2.05) is 41.8 Å². The predicted molar refractivity (Wildman–Crippen MR) is 63.1 cm³/mol. The van der Waals surface area contributed by atoms with E-state index in [4.69, 9.17) is 5.73 Å². The summed E-state index contributed by atoms with van der Waals surface area (Å²) in [4.78, 5) is 9.05. The molecule has 0 fully saturated rings. The number of imidazole rings is 1. The fraction of sp³-hybridized carbons (Fsp3) is 0.167. The average molecular weight is 212 g/mol. The molecule has 0 aliphatic heterocycles. The predicted octanol–water partition coefficient (Wildman–Crippen LogP) is 1.65. The lowest BCUT2D eigenvalue weighted by Gasteiger charge is -2.04. The maximum absolute atomic E-state index is 5.71. The summed E-state index contributed by atoms with van der Waals surface area (Å²) in [6, 6.07) is 7.99. The van der Waals surface area contributed by atoms with Crippen LogP contribution in [0.5, 0.6) is 0 Å². The summed E-state index contributed by atoms with van der Waals surface area (Å²) < 4.78 is 1.97. The number of fused-ring (bicyclic) bond motifs is 3. The molecule has 3 aromatic rings. The second kappa shape index (κ2) is 3.28. The van der Waals surface area contributed by atoms with Crippen LogP contribution in [0.3, 0.4) is 0 Å². The van der Waals surface area contributed by atoms with Gasteiger partial charge in [-0.1, -0.05) is 12.1 Å². The number of hydrogen-bond acceptors (Lipinski definition) is 3. The normalized spacial score (nSPS) is 11.4. The fourth-order valence-corrected chi connectivity index (χ4v) is 1.98. The van der Waals surface area contributed by atoms with Crippen molar-refractivity contribution in [1.29, 1.82) is 0 Å². The highest BCUT2D eigenvalue weighted by Gasteiger charge is 2.08. The van der Waals surface area contributed by atoms with E-state index in [0.717, 1.165) is 28.1 Å². The second-order valence-corrected chi connectivity index (χ2v) is 3.83. The summed E-state index contributed by atoms with van der Waals surface area (Å²) in [7, 11) is 0. The molecular formula is C12H12N4. The Morgan fingerprint density at radius 2 is 2.06 bits per heavy atom. The van der Waals surface area contributed by atoms with E-state index in [9.17, 15) is 0 Å². The molecule has 0 spiro atoms. The standard InChI is InChI=1S/C12H12N4/c1-8-7-16-11(6-13)15-10-5-3-2-4-9(10)12(16)14-8/h2-5,7H,6,13H2,1H3. The van der Waals surface area contributed by atoms with Crippen molar-refractivity contribution in [1.82, 2.24) is 14.4 Å². The molecule has 2 aromatic heterocycles. The van der Waals surface area contributed by atoms with Crippen LogP contribution >= 0.6 is 0 Å². The van der Waals surface area contributed by atoms with Crippen molar-refractivity contribution in [3.63, 3.8) is 0 Å². The zero-order valence-corrected chi connectivity index (χ0v) is 9.01. The molecule has 2 N–H and O–H groups in total. The van der Waals surface area contributed by atoms with Gasteiger partial charge in [-0.05, 0) is 19.1 Å². The number of nitrogens with two attached hydrogens (primary N) is 1. The van der Waals surface area contributed by atoms with Gasteiger partial charge in [0.25, 0.3) is 0 Å². The molecular weight excluding hydrogens is 200 g/mol. The number of nitrogens with zero attached hydrogens (tertiary/aromatic N) is 3. The molecule has 0 radical (unpaired) electrons. The van der Waals surface area contributed by atoms with Crippen LogP contribution in [0, 0.1) is 6.92 Å². The molecule has 4 nitrogen and oxygen atoms in total. The van der Waals surface area contributed by atoms with E-state index in [1.165, 1.54) is 0 Å². The third-order valence-electron chi connectivity index (χ3n) is 2.68. The van der Waals surface area contributed by atoms with Gasteiger partial charge < -0.3 is 5.73 Å². The molecule has 2 heterocycles. The molecule has 4 heteroatoms. The van der Waals surface area contributed by atoms with Crippen LogP contribution in [0.2, 0.25) is 0 Å². The van der Waals surface area contributed by atoms with E-state index >= 15 is 0 Å². The Balaban J connectivity index is 2.56. The smallest absolute Gasteiger partial charge is 0.147 e. The van der Waals surface area contributed by atoms with Crippen LogP contribution in [0.15, 0.2) is 30.5 Å². The lowest BCUT2D eigenvalue weighted by molar-refractivity contribution is 0.886. The Kier molecular flexibility index (Phi) is 1.91. The SMILES string of the molecule is Cc1cn2c(CN)nc3ccccc3c2n1. The quantitative estimate of drug-likeness (QED) is 0.667. The molecule has 0 aliphatic carbocycles. The Morgan fingerprint density at radius 1 is 1.25 bits per heavy atom. The Labute approximate surface area is 92.7 Å². The number of aryl methyl sites for hydroxylation is 1. The summed E-state index contributed by atoms with van der Waals surface area (Å²) in [5.74, 6) is 0.842. The molecule has 1 aromatic carbocycles. The number of aromatic nitrogens is 3. The van der Waals surface area contributed by atoms with Crippen molar-refractivity contribution in [2.75, 3.05) is 0 Å². The summed E-state index contributed by atoms with van der Waals surface area (Å²) in [5, 5.41) is 1.06. The molecule has 0 aliphatic rings. The van der Waals surface area contributed by atoms with Crippen LogP contribution in [0.25, 0.3) is 16.6 Å². The van der Waals surface area contributed by atoms with Crippen LogP contribution < -0.4 is 5.73 Å². The monoisotopic (exact) mass is 212 g/mol. The second-order valence-electron chi connectivity index (χ2n) is 3.83. The largest absolute Gasteiger partial charge is 0.324 e. The first-order valence-electron chi connectivity index (χ1n) is 5.23. The Hall–Kier alpha value is -1.94. The van der Waals surface area contributed by atoms with Crippen molar-refractivity contribution in [2.24, 2.45) is 5.73 Å². The van der Waals surface area contributed by atoms with Gasteiger partial charge in [0.2, 0.25) is 0 Å². The Bertz CT molecular complexity index is 669. The van der Waals surface area contributed by atoms with Gasteiger partial charge in [0, 0.05) is 11.6 Å². The summed E-state index contributed by atoms with van der Waals surface area (Å²) in [5.41, 5.74) is 8.56. The van der Waals surface area contributed by atoms with Gasteiger partial charge in [0.1, 0.15) is 11.5 Å². The van der Waals surface area contributed by atoms with E-state index in [1.54, 1.807) is 0 Å². The van der Waals surface area contributed by atoms with E-state index in [-0.39, 0.29) is 0 Å². The van der Waals surface area contributed by atoms with E-state index in [0.29, 0.717) is 6.54 Å². The average Bonchev–Trinajstić information content (AvgIpc) is 2.69. The molecule has 80 valence electrons. The van der Waals surface area contributed by atoms with Crippen LogP contribution in [-0.2, 0) is 6.54 Å². The van der Waals surface area contributed by atoms with Crippen LogP contribution in [-0.4, -0.2) is 14.4 Å². The van der Waals surface area contributed by atoms with Gasteiger partial charge in [0.15, 0.2) is 0 Å². The van der Waals surface area contributed by atoms with Crippen molar-refractivity contribution >= 4 is 16.6 Å². The first kappa shape index (κ1) is 9.30. The lowest BCUT2D eigenvalue weighted by Crippen LogP contribution is -2.06. The van der Waals surface area contributed by atoms with Crippen molar-refractivity contribution in [3.8, 4) is 0 Å². The number of hydrogen-bond donors (Lipinski definition) is 1. The molecule has 0 amide bonds. The highest BCUT2D eigenvalue weighted by atomic mass is 15.1. The zero-order valence-electron chi connectivity index (χ0n) is 9.01. The maximum Gasteiger partial charge on any atom is 0.147 e. The molecule has 0 bridgehead atoms. The molecule has 0 atom stereocenters. The van der Waals surface area contributed by atoms with Gasteiger partial charge in [-0.3, -0.25) is 4.40 Å². The fourth-order valence-electron chi connectivity index (χ4n) is 1.98. The minimum atomic E-state index is 0.414. The van der Waals surface area contributed by atoms with Crippen molar-refractivity contribution in [3.05, 3.63) is 42.0 Å². The molecule has 0 unspecified atom stereocenters. The third kappa shape index (κ3) is 1.20. The molecule has 0 saturated carbocycles. The maximum atomic E-state index is 5.71. The first-order chi connectivity index (χ1) is 7.79. The molecule has 16 heavy (non-hydrogen) atoms. The molecule has 0 saturated heterocycles. The Morgan fingerprint density at radius 3 is 2.88 bits per heavy atom. The van der Waals surface area contributed by atoms with Gasteiger partial charge in [0.05, 0.1) is 17.8 Å². The third-order valence-corrected chi connectivity index (χ3v) is 2.68. The van der Waals surface area contributed by atoms with Crippen molar-refractivity contribution < 1.29 is 0 Å². The summed E-state index contributed by atoms with van der Waals surface area (Å²) in [6.07, 6.45) is 1.97. The van der Waals surface area contributed by atoms with Gasteiger partial charge in [-0.2, -0.15) is 0 Å². The van der Waals surface area contributed by atoms with Crippen LogP contribution in [0.1, 0.15) is 11.5 Å². The highest BCUT2D eigenvalue weighted by molar-refractivity contribution is 5.91. The summed E-state index contributed by atoms with van der Waals surface area (Å²) in [6.45, 7) is 2.39. The van der Waals surface area contributed by atoms with E-state index < -0.39 is 0 Å². The molecule has 3 rings (SSSR count). The number of benzene rings is 1. The highest BCUT2D eigenvalue weighted by Crippen LogP contribution is 2.19. The van der Waals surface area contributed by atoms with Gasteiger partial charge >= 0.3 is 0 Å². The van der Waals surface area contributed by atoms with Crippen molar-refractivity contribution in [2.45, 2.75) is 13.5 Å². The van der Waals surface area contributed by atoms with Crippen LogP contribution in [0.4, 0.5) is 0 Å². The zero-order chi connectivity index (χ0) is 11.1. The van der Waals surface area contributed by atoms with E-state index in [2.05, 4.69) is 9.97 Å². The summed E-state index contributed by atoms with van der Waals surface area (Å²) >= 11 is 0. The first-order valence-corrected chi connectivity index (χ1v) is 5.23. The minimum absolute atomic E-state index is 0.414. The topological polar surface area (TPSA) is 56.2 Å². The van der Waals surface area contributed by atoms with Gasteiger partial charge in [-0.15, -0.1) is 0 Å².